The van der Waals surface area contributed by atoms with Gasteiger partial charge in [-0.3, -0.25) is 0 Å². The van der Waals surface area contributed by atoms with E-state index in [4.69, 9.17) is 10.5 Å². The highest BCUT2D eigenvalue weighted by molar-refractivity contribution is 8.29. The molecule has 0 radical (unpaired) electrons. The summed E-state index contributed by atoms with van der Waals surface area (Å²) in [7, 11) is -2.22. The summed E-state index contributed by atoms with van der Waals surface area (Å²) < 4.78 is 13.6. The predicted molar refractivity (Wildman–Crippen MR) is 54.0 cm³/mol. The third kappa shape index (κ3) is 4.15. The molecule has 0 aliphatic rings. The van der Waals surface area contributed by atoms with Crippen LogP contribution in [0.25, 0.3) is 0 Å². The second-order valence-electron chi connectivity index (χ2n) is 3.43. The molecule has 0 aromatic carbocycles. The Morgan fingerprint density at radius 1 is 1.38 bits per heavy atom. The van der Waals surface area contributed by atoms with Gasteiger partial charge in [-0.1, -0.05) is 10.4 Å². The smallest absolute Gasteiger partial charge is 0.0664 e. The van der Waals surface area contributed by atoms with Gasteiger partial charge in [-0.15, -0.1) is 0 Å². The van der Waals surface area contributed by atoms with Crippen LogP contribution in [0.2, 0.25) is 0 Å². The Balaban J connectivity index is 4.41. The van der Waals surface area contributed by atoms with Crippen molar-refractivity contribution in [3.63, 3.8) is 0 Å². The van der Waals surface area contributed by atoms with E-state index >= 15 is 0 Å². The van der Waals surface area contributed by atoms with Crippen LogP contribution in [0.3, 0.4) is 0 Å². The fourth-order valence-corrected chi connectivity index (χ4v) is 3.02. The van der Waals surface area contributed by atoms with E-state index < -0.39 is 10.4 Å². The van der Waals surface area contributed by atoms with E-state index in [0.717, 1.165) is 0 Å². The molecule has 0 aromatic heterocycles. The standard InChI is InChI=1S/C9H15FN2S/c1-8(7-12)9(5-4-6-11)13(2,3)10/h8-9H,4-5H2,1-3H3. The number of nitrogens with zero attached hydrogens (tertiary/aromatic N) is 2. The summed E-state index contributed by atoms with van der Waals surface area (Å²) in [5.41, 5.74) is 0. The fourth-order valence-electron chi connectivity index (χ4n) is 1.31. The average molecular weight is 202 g/mol. The molecule has 0 aliphatic carbocycles. The topological polar surface area (TPSA) is 47.6 Å². The number of rotatable bonds is 4. The first kappa shape index (κ1) is 12.3. The molecule has 0 saturated heterocycles. The zero-order chi connectivity index (χ0) is 10.5. The summed E-state index contributed by atoms with van der Waals surface area (Å²) in [6.45, 7) is 1.72. The van der Waals surface area contributed by atoms with Gasteiger partial charge in [-0.2, -0.15) is 14.4 Å². The Morgan fingerprint density at radius 3 is 2.23 bits per heavy atom. The summed E-state index contributed by atoms with van der Waals surface area (Å²) in [6.07, 6.45) is 3.91. The quantitative estimate of drug-likeness (QED) is 0.703. The van der Waals surface area contributed by atoms with Crippen molar-refractivity contribution in [2.24, 2.45) is 5.92 Å². The molecule has 0 spiro atoms. The molecule has 0 bridgehead atoms. The van der Waals surface area contributed by atoms with Gasteiger partial charge in [0.2, 0.25) is 0 Å². The lowest BCUT2D eigenvalue weighted by Crippen LogP contribution is -2.20. The maximum Gasteiger partial charge on any atom is 0.0664 e. The zero-order valence-electron chi connectivity index (χ0n) is 8.25. The minimum atomic E-state index is -2.22. The Hall–Kier alpha value is -0.740. The van der Waals surface area contributed by atoms with Gasteiger partial charge in [0.1, 0.15) is 0 Å². The minimum Gasteiger partial charge on any atom is -0.198 e. The SMILES string of the molecule is CC(C#N)C(CCC#N)S(C)(C)F. The Kier molecular flexibility index (Phi) is 4.80. The van der Waals surface area contributed by atoms with Gasteiger partial charge in [0, 0.05) is 11.7 Å². The first-order valence-electron chi connectivity index (χ1n) is 4.11. The first-order chi connectivity index (χ1) is 5.93. The van der Waals surface area contributed by atoms with E-state index in [2.05, 4.69) is 6.07 Å². The molecule has 0 fully saturated rings. The van der Waals surface area contributed by atoms with Crippen molar-refractivity contribution in [1.29, 1.82) is 10.5 Å². The lowest BCUT2D eigenvalue weighted by molar-refractivity contribution is 0.619. The van der Waals surface area contributed by atoms with E-state index in [1.54, 1.807) is 19.4 Å². The van der Waals surface area contributed by atoms with Crippen molar-refractivity contribution in [2.45, 2.75) is 25.0 Å². The van der Waals surface area contributed by atoms with Crippen molar-refractivity contribution < 1.29 is 3.89 Å². The third-order valence-electron chi connectivity index (χ3n) is 2.02. The molecule has 0 rings (SSSR count). The van der Waals surface area contributed by atoms with E-state index in [1.165, 1.54) is 0 Å². The summed E-state index contributed by atoms with van der Waals surface area (Å²) in [5.74, 6) is -0.302. The highest BCUT2D eigenvalue weighted by Gasteiger charge is 2.29. The Morgan fingerprint density at radius 2 is 1.92 bits per heavy atom. The Labute approximate surface area is 81.0 Å². The fraction of sp³-hybridized carbons (Fsp3) is 0.778. The normalized spacial score (nSPS) is 16.8. The molecule has 74 valence electrons. The molecule has 0 N–H and O–H groups in total. The maximum atomic E-state index is 13.6. The predicted octanol–water partition coefficient (Wildman–Crippen LogP) is 2.77. The lowest BCUT2D eigenvalue weighted by atomic mass is 10.1. The van der Waals surface area contributed by atoms with Crippen molar-refractivity contribution >= 4 is 10.4 Å². The van der Waals surface area contributed by atoms with Crippen LogP contribution in [-0.2, 0) is 0 Å². The van der Waals surface area contributed by atoms with Crippen molar-refractivity contribution in [3.8, 4) is 12.1 Å². The molecular weight excluding hydrogens is 187 g/mol. The second kappa shape index (κ2) is 5.09. The summed E-state index contributed by atoms with van der Waals surface area (Å²) in [6, 6.07) is 4.04. The van der Waals surface area contributed by atoms with Crippen molar-refractivity contribution in [3.05, 3.63) is 0 Å². The summed E-state index contributed by atoms with van der Waals surface area (Å²) in [4.78, 5) is 0. The van der Waals surface area contributed by atoms with Crippen LogP contribution in [0.1, 0.15) is 19.8 Å². The molecule has 13 heavy (non-hydrogen) atoms. The van der Waals surface area contributed by atoms with Crippen LogP contribution in [0, 0.1) is 28.6 Å². The molecular formula is C9H15FN2S. The van der Waals surface area contributed by atoms with E-state index in [1.807, 2.05) is 6.07 Å². The molecule has 0 heterocycles. The number of nitriles is 2. The molecule has 2 atom stereocenters. The van der Waals surface area contributed by atoms with Crippen LogP contribution in [0.5, 0.6) is 0 Å². The lowest BCUT2D eigenvalue weighted by Gasteiger charge is -2.32. The van der Waals surface area contributed by atoms with Crippen molar-refractivity contribution in [1.82, 2.24) is 0 Å². The zero-order valence-corrected chi connectivity index (χ0v) is 9.07. The summed E-state index contributed by atoms with van der Waals surface area (Å²) >= 11 is 0. The highest BCUT2D eigenvalue weighted by atomic mass is 32.3. The van der Waals surface area contributed by atoms with Gasteiger partial charge in [-0.25, -0.2) is 0 Å². The maximum absolute atomic E-state index is 13.6. The third-order valence-corrected chi connectivity index (χ3v) is 4.11. The van der Waals surface area contributed by atoms with Gasteiger partial charge >= 0.3 is 0 Å². The van der Waals surface area contributed by atoms with E-state index in [0.29, 0.717) is 12.8 Å². The monoisotopic (exact) mass is 202 g/mol. The number of hydrogen-bond donors (Lipinski definition) is 0. The van der Waals surface area contributed by atoms with Crippen LogP contribution in [0.4, 0.5) is 3.89 Å². The van der Waals surface area contributed by atoms with Crippen LogP contribution >= 0.6 is 10.4 Å². The molecule has 2 nitrogen and oxygen atoms in total. The highest BCUT2D eigenvalue weighted by Crippen LogP contribution is 2.51. The minimum absolute atomic E-state index is 0.267. The largest absolute Gasteiger partial charge is 0.198 e. The van der Waals surface area contributed by atoms with Crippen molar-refractivity contribution in [2.75, 3.05) is 12.5 Å². The molecule has 2 unspecified atom stereocenters. The van der Waals surface area contributed by atoms with Gasteiger partial charge in [0.05, 0.1) is 18.1 Å². The number of halogens is 1. The van der Waals surface area contributed by atoms with Gasteiger partial charge < -0.3 is 0 Å². The average Bonchev–Trinajstić information content (AvgIpc) is 2.02. The van der Waals surface area contributed by atoms with Gasteiger partial charge in [0.15, 0.2) is 0 Å². The van der Waals surface area contributed by atoms with Crippen LogP contribution in [0.15, 0.2) is 0 Å². The van der Waals surface area contributed by atoms with Crippen LogP contribution < -0.4 is 0 Å². The van der Waals surface area contributed by atoms with Gasteiger partial charge in [0.25, 0.3) is 0 Å². The summed E-state index contributed by atoms with van der Waals surface area (Å²) in [5, 5.41) is 16.8. The molecule has 0 saturated carbocycles. The molecule has 4 heteroatoms. The number of hydrogen-bond acceptors (Lipinski definition) is 2. The van der Waals surface area contributed by atoms with Gasteiger partial charge in [-0.05, 0) is 25.9 Å². The van der Waals surface area contributed by atoms with E-state index in [-0.39, 0.29) is 11.2 Å². The van der Waals surface area contributed by atoms with Crippen LogP contribution in [-0.4, -0.2) is 17.8 Å². The Bertz CT molecular complexity index is 233. The molecule has 0 aromatic rings. The second-order valence-corrected chi connectivity index (χ2v) is 6.59. The molecule has 0 aliphatic heterocycles. The van der Waals surface area contributed by atoms with E-state index in [9.17, 15) is 3.89 Å². The first-order valence-corrected chi connectivity index (χ1v) is 6.53. The molecule has 0 amide bonds.